The molecule has 0 radical (unpaired) electrons. The number of nitro groups is 1. The van der Waals surface area contributed by atoms with Gasteiger partial charge in [0.05, 0.1) is 9.95 Å². The van der Waals surface area contributed by atoms with Gasteiger partial charge in [-0.15, -0.1) is 0 Å². The molecule has 0 aliphatic carbocycles. The first-order valence-corrected chi connectivity index (χ1v) is 4.95. The van der Waals surface area contributed by atoms with E-state index in [9.17, 15) is 14.9 Å². The van der Waals surface area contributed by atoms with Crippen LogP contribution in [0.2, 0.25) is 5.02 Å². The van der Waals surface area contributed by atoms with E-state index in [4.69, 9.17) is 23.2 Å². The highest BCUT2D eigenvalue weighted by atomic mass is 35.5. The van der Waals surface area contributed by atoms with Crippen LogP contribution in [0.5, 0.6) is 0 Å². The number of carbonyl (C=O) groups is 1. The van der Waals surface area contributed by atoms with Gasteiger partial charge in [0.2, 0.25) is 0 Å². The number of benzene rings is 1. The Bertz CT molecular complexity index is 460. The zero-order valence-electron chi connectivity index (χ0n) is 8.53. The molecule has 16 heavy (non-hydrogen) atoms. The van der Waals surface area contributed by atoms with Crippen LogP contribution >= 0.6 is 23.2 Å². The van der Waals surface area contributed by atoms with Gasteiger partial charge in [0, 0.05) is 25.7 Å². The van der Waals surface area contributed by atoms with Crippen molar-refractivity contribution in [2.24, 2.45) is 0 Å². The summed E-state index contributed by atoms with van der Waals surface area (Å²) in [5, 5.41) is 10.2. The zero-order chi connectivity index (χ0) is 12.5. The summed E-state index contributed by atoms with van der Waals surface area (Å²) < 4.78 is 0. The molecular weight excluding hydrogens is 255 g/mol. The summed E-state index contributed by atoms with van der Waals surface area (Å²) in [5.74, 6) is 0. The Morgan fingerprint density at radius 2 is 2.00 bits per heavy atom. The van der Waals surface area contributed by atoms with Crippen molar-refractivity contribution in [3.63, 3.8) is 0 Å². The van der Waals surface area contributed by atoms with Gasteiger partial charge in [-0.2, -0.15) is 0 Å². The van der Waals surface area contributed by atoms with Crippen LogP contribution in [-0.4, -0.2) is 24.3 Å². The third-order valence-electron chi connectivity index (χ3n) is 1.91. The van der Waals surface area contributed by atoms with Crippen molar-refractivity contribution in [1.29, 1.82) is 0 Å². The van der Waals surface area contributed by atoms with Crippen molar-refractivity contribution in [3.05, 3.63) is 32.8 Å². The minimum atomic E-state index is -0.782. The van der Waals surface area contributed by atoms with E-state index >= 15 is 0 Å². The molecule has 0 heterocycles. The number of halogens is 2. The Morgan fingerprint density at radius 3 is 2.38 bits per heavy atom. The van der Waals surface area contributed by atoms with Gasteiger partial charge in [0.1, 0.15) is 5.69 Å². The lowest BCUT2D eigenvalue weighted by atomic mass is 10.1. The quantitative estimate of drug-likeness (QED) is 0.477. The lowest BCUT2D eigenvalue weighted by Crippen LogP contribution is -2.12. The van der Waals surface area contributed by atoms with Gasteiger partial charge in [-0.1, -0.05) is 11.6 Å². The maximum atomic E-state index is 10.9. The molecule has 5 nitrogen and oxygen atoms in total. The number of nitrogens with zero attached hydrogens (tertiary/aromatic N) is 2. The summed E-state index contributed by atoms with van der Waals surface area (Å²) in [6, 6.07) is 2.41. The number of hydrogen-bond acceptors (Lipinski definition) is 4. The first-order valence-electron chi connectivity index (χ1n) is 4.19. The topological polar surface area (TPSA) is 63.5 Å². The van der Waals surface area contributed by atoms with Crippen LogP contribution in [0.1, 0.15) is 10.4 Å². The first-order chi connectivity index (χ1) is 7.34. The second-order valence-corrected chi connectivity index (χ2v) is 4.00. The fourth-order valence-electron chi connectivity index (χ4n) is 1.28. The van der Waals surface area contributed by atoms with Crippen LogP contribution < -0.4 is 4.90 Å². The molecule has 1 rings (SSSR count). The summed E-state index contributed by atoms with van der Waals surface area (Å²) in [5.41, 5.74) is -0.00111. The first kappa shape index (κ1) is 12.7. The van der Waals surface area contributed by atoms with Gasteiger partial charge in [-0.05, 0) is 17.7 Å². The molecule has 0 aliphatic rings. The highest BCUT2D eigenvalue weighted by molar-refractivity contribution is 6.67. The van der Waals surface area contributed by atoms with Gasteiger partial charge in [0.15, 0.2) is 0 Å². The molecule has 0 fully saturated rings. The Morgan fingerprint density at radius 1 is 1.44 bits per heavy atom. The van der Waals surface area contributed by atoms with E-state index in [2.05, 4.69) is 0 Å². The Hall–Kier alpha value is -1.33. The van der Waals surface area contributed by atoms with E-state index in [1.807, 2.05) is 0 Å². The lowest BCUT2D eigenvalue weighted by molar-refractivity contribution is -0.384. The van der Waals surface area contributed by atoms with E-state index in [1.165, 1.54) is 11.0 Å². The van der Waals surface area contributed by atoms with Crippen LogP contribution in [-0.2, 0) is 0 Å². The van der Waals surface area contributed by atoms with Crippen molar-refractivity contribution < 1.29 is 9.72 Å². The molecule has 0 bridgehead atoms. The van der Waals surface area contributed by atoms with Crippen LogP contribution in [0.4, 0.5) is 11.4 Å². The molecule has 0 aromatic heterocycles. The lowest BCUT2D eigenvalue weighted by Gasteiger charge is -2.14. The third-order valence-corrected chi connectivity index (χ3v) is 2.42. The zero-order valence-corrected chi connectivity index (χ0v) is 10.0. The molecule has 0 unspecified atom stereocenters. The molecule has 0 aliphatic heterocycles. The molecule has 1 aromatic rings. The Labute approximate surface area is 102 Å². The van der Waals surface area contributed by atoms with Gasteiger partial charge in [-0.3, -0.25) is 14.9 Å². The fraction of sp³-hybridized carbons (Fsp3) is 0.222. The van der Waals surface area contributed by atoms with E-state index in [0.717, 1.165) is 6.07 Å². The predicted octanol–water partition coefficient (Wildman–Crippen LogP) is 2.69. The van der Waals surface area contributed by atoms with Gasteiger partial charge in [-0.25, -0.2) is 0 Å². The SMILES string of the molecule is CN(C)c1c(Cl)cc(C(=O)Cl)cc1[N+](=O)[O-]. The second-order valence-electron chi connectivity index (χ2n) is 3.25. The average Bonchev–Trinajstić information content (AvgIpc) is 2.15. The van der Waals surface area contributed by atoms with Crippen LogP contribution in [0, 0.1) is 10.1 Å². The number of carbonyl (C=O) groups excluding carboxylic acids is 1. The smallest absolute Gasteiger partial charge is 0.294 e. The highest BCUT2D eigenvalue weighted by Crippen LogP contribution is 2.35. The summed E-state index contributed by atoms with van der Waals surface area (Å²) in [6.07, 6.45) is 0. The standard InChI is InChI=1S/C9H8Cl2N2O3/c1-12(2)8-6(10)3-5(9(11)14)4-7(8)13(15)16/h3-4H,1-2H3. The Balaban J connectivity index is 3.52. The monoisotopic (exact) mass is 262 g/mol. The van der Waals surface area contributed by atoms with Gasteiger partial charge < -0.3 is 4.90 Å². The van der Waals surface area contributed by atoms with Crippen LogP contribution in [0.25, 0.3) is 0 Å². The normalized spacial score (nSPS) is 10.0. The van der Waals surface area contributed by atoms with Crippen LogP contribution in [0.15, 0.2) is 12.1 Å². The number of nitro benzene ring substituents is 1. The number of rotatable bonds is 3. The highest BCUT2D eigenvalue weighted by Gasteiger charge is 2.22. The average molecular weight is 263 g/mol. The molecule has 86 valence electrons. The van der Waals surface area contributed by atoms with E-state index in [1.54, 1.807) is 14.1 Å². The minimum absolute atomic E-state index is 0.00367. The molecule has 7 heteroatoms. The van der Waals surface area contributed by atoms with E-state index in [0.29, 0.717) is 0 Å². The van der Waals surface area contributed by atoms with Gasteiger partial charge in [0.25, 0.3) is 10.9 Å². The van der Waals surface area contributed by atoms with Crippen molar-refractivity contribution in [2.45, 2.75) is 0 Å². The van der Waals surface area contributed by atoms with Crippen molar-refractivity contribution >= 4 is 39.8 Å². The van der Waals surface area contributed by atoms with Crippen LogP contribution in [0.3, 0.4) is 0 Å². The maximum absolute atomic E-state index is 10.9. The maximum Gasteiger partial charge on any atom is 0.294 e. The summed E-state index contributed by atoms with van der Waals surface area (Å²) in [7, 11) is 3.24. The largest absolute Gasteiger partial charge is 0.371 e. The molecular formula is C9H8Cl2N2O3. The molecule has 0 N–H and O–H groups in total. The Kier molecular flexibility index (Phi) is 3.72. The molecule has 0 spiro atoms. The predicted molar refractivity (Wildman–Crippen MR) is 62.6 cm³/mol. The molecule has 0 atom stereocenters. The molecule has 0 saturated carbocycles. The van der Waals surface area contributed by atoms with Crippen molar-refractivity contribution in [3.8, 4) is 0 Å². The number of anilines is 1. The van der Waals surface area contributed by atoms with E-state index in [-0.39, 0.29) is 22.0 Å². The molecule has 0 saturated heterocycles. The summed E-state index contributed by atoms with van der Waals surface area (Å²) >= 11 is 11.1. The second kappa shape index (κ2) is 4.67. The number of hydrogen-bond donors (Lipinski definition) is 0. The third kappa shape index (κ3) is 2.43. The van der Waals surface area contributed by atoms with Crippen molar-refractivity contribution in [2.75, 3.05) is 19.0 Å². The minimum Gasteiger partial charge on any atom is -0.371 e. The molecule has 1 aromatic carbocycles. The van der Waals surface area contributed by atoms with Gasteiger partial charge >= 0.3 is 0 Å². The summed E-state index contributed by atoms with van der Waals surface area (Å²) in [6.45, 7) is 0. The summed E-state index contributed by atoms with van der Waals surface area (Å²) in [4.78, 5) is 22.6. The van der Waals surface area contributed by atoms with E-state index < -0.39 is 10.2 Å². The van der Waals surface area contributed by atoms with Crippen molar-refractivity contribution in [1.82, 2.24) is 0 Å². The fourth-order valence-corrected chi connectivity index (χ4v) is 1.77. The molecule has 0 amide bonds.